The van der Waals surface area contributed by atoms with Gasteiger partial charge in [0, 0.05) is 11.9 Å². The van der Waals surface area contributed by atoms with Crippen LogP contribution in [0, 0.1) is 6.92 Å². The fourth-order valence-electron chi connectivity index (χ4n) is 1.65. The molecule has 1 amide bonds. The molecule has 0 aliphatic carbocycles. The second-order valence-corrected chi connectivity index (χ2v) is 4.04. The summed E-state index contributed by atoms with van der Waals surface area (Å²) in [7, 11) is 0. The topological polar surface area (TPSA) is 68.0 Å². The SMILES string of the molecule is Cc1cccc(C(=O)NCc2ccccn2)c1N. The van der Waals surface area contributed by atoms with Crippen molar-refractivity contribution in [1.29, 1.82) is 0 Å². The van der Waals surface area contributed by atoms with Gasteiger partial charge in [-0.25, -0.2) is 0 Å². The Kier molecular flexibility index (Phi) is 3.57. The van der Waals surface area contributed by atoms with Crippen LogP contribution in [0.15, 0.2) is 42.6 Å². The lowest BCUT2D eigenvalue weighted by Gasteiger charge is -2.08. The maximum absolute atomic E-state index is 12.0. The fraction of sp³-hybridized carbons (Fsp3) is 0.143. The predicted molar refractivity (Wildman–Crippen MR) is 71.0 cm³/mol. The number of benzene rings is 1. The average molecular weight is 241 g/mol. The molecule has 1 heterocycles. The van der Waals surface area contributed by atoms with E-state index < -0.39 is 0 Å². The van der Waals surface area contributed by atoms with Crippen LogP contribution in [0.3, 0.4) is 0 Å². The highest BCUT2D eigenvalue weighted by molar-refractivity contribution is 5.99. The number of hydrogen-bond acceptors (Lipinski definition) is 3. The number of nitrogens with two attached hydrogens (primary N) is 1. The summed E-state index contributed by atoms with van der Waals surface area (Å²) in [5.41, 5.74) is 8.63. The molecule has 3 N–H and O–H groups in total. The van der Waals surface area contributed by atoms with Crippen molar-refractivity contribution in [2.75, 3.05) is 5.73 Å². The molecule has 0 aliphatic heterocycles. The number of anilines is 1. The second kappa shape index (κ2) is 5.31. The average Bonchev–Trinajstić information content (AvgIpc) is 2.40. The van der Waals surface area contributed by atoms with Gasteiger partial charge in [-0.2, -0.15) is 0 Å². The zero-order chi connectivity index (χ0) is 13.0. The van der Waals surface area contributed by atoms with E-state index in [1.54, 1.807) is 12.3 Å². The number of nitrogens with zero attached hydrogens (tertiary/aromatic N) is 1. The van der Waals surface area contributed by atoms with Gasteiger partial charge in [0.2, 0.25) is 0 Å². The molecule has 0 saturated carbocycles. The van der Waals surface area contributed by atoms with E-state index in [2.05, 4.69) is 10.3 Å². The molecule has 18 heavy (non-hydrogen) atoms. The van der Waals surface area contributed by atoms with Crippen LogP contribution < -0.4 is 11.1 Å². The van der Waals surface area contributed by atoms with Gasteiger partial charge in [-0.05, 0) is 30.7 Å². The Bertz CT molecular complexity index is 552. The summed E-state index contributed by atoms with van der Waals surface area (Å²) in [6, 6.07) is 11.0. The highest BCUT2D eigenvalue weighted by Gasteiger charge is 2.10. The van der Waals surface area contributed by atoms with Gasteiger partial charge in [-0.1, -0.05) is 18.2 Å². The molecule has 92 valence electrons. The maximum Gasteiger partial charge on any atom is 0.253 e. The van der Waals surface area contributed by atoms with Crippen LogP contribution in [0.25, 0.3) is 0 Å². The van der Waals surface area contributed by atoms with E-state index in [4.69, 9.17) is 5.73 Å². The van der Waals surface area contributed by atoms with Crippen LogP contribution in [-0.4, -0.2) is 10.9 Å². The Balaban J connectivity index is 2.07. The van der Waals surface area contributed by atoms with Crippen LogP contribution >= 0.6 is 0 Å². The normalized spacial score (nSPS) is 10.1. The molecule has 0 spiro atoms. The van der Waals surface area contributed by atoms with Crippen molar-refractivity contribution in [2.24, 2.45) is 0 Å². The number of aryl methyl sites for hydroxylation is 1. The minimum atomic E-state index is -0.179. The Hall–Kier alpha value is -2.36. The molecule has 4 nitrogen and oxygen atoms in total. The summed E-state index contributed by atoms with van der Waals surface area (Å²) in [6.45, 7) is 2.28. The van der Waals surface area contributed by atoms with Crippen molar-refractivity contribution in [2.45, 2.75) is 13.5 Å². The zero-order valence-corrected chi connectivity index (χ0v) is 10.2. The first-order valence-corrected chi connectivity index (χ1v) is 5.71. The quantitative estimate of drug-likeness (QED) is 0.806. The molecule has 0 aliphatic rings. The molecular weight excluding hydrogens is 226 g/mol. The molecule has 0 bridgehead atoms. The molecule has 0 saturated heterocycles. The third-order valence-electron chi connectivity index (χ3n) is 2.72. The minimum Gasteiger partial charge on any atom is -0.398 e. The summed E-state index contributed by atoms with van der Waals surface area (Å²) in [4.78, 5) is 16.1. The van der Waals surface area contributed by atoms with Crippen LogP contribution in [0.4, 0.5) is 5.69 Å². The summed E-state index contributed by atoms with van der Waals surface area (Å²) in [5.74, 6) is -0.179. The van der Waals surface area contributed by atoms with Crippen molar-refractivity contribution in [3.63, 3.8) is 0 Å². The molecule has 2 rings (SSSR count). The fourth-order valence-corrected chi connectivity index (χ4v) is 1.65. The van der Waals surface area contributed by atoms with Gasteiger partial charge >= 0.3 is 0 Å². The van der Waals surface area contributed by atoms with Crippen LogP contribution in [0.1, 0.15) is 21.6 Å². The molecule has 0 unspecified atom stereocenters. The van der Waals surface area contributed by atoms with Crippen molar-refractivity contribution >= 4 is 11.6 Å². The summed E-state index contributed by atoms with van der Waals surface area (Å²) in [6.07, 6.45) is 1.70. The number of carbonyl (C=O) groups excluding carboxylic acids is 1. The number of nitrogen functional groups attached to an aromatic ring is 1. The second-order valence-electron chi connectivity index (χ2n) is 4.04. The molecule has 0 fully saturated rings. The van der Waals surface area contributed by atoms with Gasteiger partial charge in [-0.3, -0.25) is 9.78 Å². The van der Waals surface area contributed by atoms with Crippen molar-refractivity contribution in [3.8, 4) is 0 Å². The van der Waals surface area contributed by atoms with Gasteiger partial charge in [0.25, 0.3) is 5.91 Å². The first-order chi connectivity index (χ1) is 8.68. The van der Waals surface area contributed by atoms with Gasteiger partial charge in [0.15, 0.2) is 0 Å². The van der Waals surface area contributed by atoms with Crippen LogP contribution in [-0.2, 0) is 6.54 Å². The third kappa shape index (κ3) is 2.66. The standard InChI is InChI=1S/C14H15N3O/c1-10-5-4-7-12(13(10)15)14(18)17-9-11-6-2-3-8-16-11/h2-8H,9,15H2,1H3,(H,17,18). The maximum atomic E-state index is 12.0. The highest BCUT2D eigenvalue weighted by atomic mass is 16.1. The van der Waals surface area contributed by atoms with Crippen molar-refractivity contribution in [1.82, 2.24) is 10.3 Å². The first kappa shape index (κ1) is 12.1. The zero-order valence-electron chi connectivity index (χ0n) is 10.2. The molecule has 0 atom stereocenters. The number of carbonyl (C=O) groups is 1. The number of hydrogen-bond donors (Lipinski definition) is 2. The molecule has 4 heteroatoms. The number of amides is 1. The van der Waals surface area contributed by atoms with E-state index in [9.17, 15) is 4.79 Å². The van der Waals surface area contributed by atoms with E-state index >= 15 is 0 Å². The van der Waals surface area contributed by atoms with Crippen molar-refractivity contribution in [3.05, 3.63) is 59.4 Å². The lowest BCUT2D eigenvalue weighted by Crippen LogP contribution is -2.24. The van der Waals surface area contributed by atoms with Gasteiger partial charge in [-0.15, -0.1) is 0 Å². The summed E-state index contributed by atoms with van der Waals surface area (Å²) >= 11 is 0. The lowest BCUT2D eigenvalue weighted by atomic mass is 10.1. The van der Waals surface area contributed by atoms with E-state index in [0.29, 0.717) is 17.8 Å². The van der Waals surface area contributed by atoms with Crippen molar-refractivity contribution < 1.29 is 4.79 Å². The largest absolute Gasteiger partial charge is 0.398 e. The molecule has 1 aromatic heterocycles. The van der Waals surface area contributed by atoms with E-state index in [0.717, 1.165) is 11.3 Å². The third-order valence-corrected chi connectivity index (χ3v) is 2.72. The molecule has 0 radical (unpaired) electrons. The van der Waals surface area contributed by atoms with Crippen LogP contribution in [0.2, 0.25) is 0 Å². The number of para-hydroxylation sites is 1. The highest BCUT2D eigenvalue weighted by Crippen LogP contribution is 2.16. The van der Waals surface area contributed by atoms with Crippen LogP contribution in [0.5, 0.6) is 0 Å². The number of aromatic nitrogens is 1. The first-order valence-electron chi connectivity index (χ1n) is 5.71. The Morgan fingerprint density at radius 2 is 2.11 bits per heavy atom. The monoisotopic (exact) mass is 241 g/mol. The summed E-state index contributed by atoms with van der Waals surface area (Å²) in [5, 5.41) is 2.80. The number of rotatable bonds is 3. The van der Waals surface area contributed by atoms with E-state index in [1.807, 2.05) is 37.3 Å². The van der Waals surface area contributed by atoms with Gasteiger partial charge in [0.1, 0.15) is 0 Å². The molecular formula is C14H15N3O. The van der Waals surface area contributed by atoms with Gasteiger partial charge in [0.05, 0.1) is 17.8 Å². The Morgan fingerprint density at radius 3 is 2.83 bits per heavy atom. The minimum absolute atomic E-state index is 0.179. The molecule has 2 aromatic rings. The lowest BCUT2D eigenvalue weighted by molar-refractivity contribution is 0.0951. The number of nitrogens with one attached hydrogen (secondary N) is 1. The molecule has 1 aromatic carbocycles. The Labute approximate surface area is 106 Å². The smallest absolute Gasteiger partial charge is 0.253 e. The number of pyridine rings is 1. The predicted octanol–water partition coefficient (Wildman–Crippen LogP) is 1.90. The van der Waals surface area contributed by atoms with E-state index in [1.165, 1.54) is 0 Å². The van der Waals surface area contributed by atoms with E-state index in [-0.39, 0.29) is 5.91 Å². The Morgan fingerprint density at radius 1 is 1.28 bits per heavy atom. The summed E-state index contributed by atoms with van der Waals surface area (Å²) < 4.78 is 0. The van der Waals surface area contributed by atoms with Gasteiger partial charge < -0.3 is 11.1 Å².